The van der Waals surface area contributed by atoms with Crippen LogP contribution in [0, 0.1) is 0 Å². The number of pyridine rings is 1. The summed E-state index contributed by atoms with van der Waals surface area (Å²) >= 11 is 5.92. The van der Waals surface area contributed by atoms with E-state index in [1.165, 1.54) is 25.2 Å². The van der Waals surface area contributed by atoms with Crippen molar-refractivity contribution in [3.8, 4) is 0 Å². The molecule has 0 aliphatic carbocycles. The lowest BCUT2D eigenvalue weighted by Gasteiger charge is -2.08. The van der Waals surface area contributed by atoms with E-state index >= 15 is 0 Å². The molecule has 1 amide bonds. The van der Waals surface area contributed by atoms with Crippen molar-refractivity contribution in [2.45, 2.75) is 11.4 Å². The van der Waals surface area contributed by atoms with Gasteiger partial charge in [0.1, 0.15) is 4.90 Å². The van der Waals surface area contributed by atoms with Crippen LogP contribution in [0.4, 0.5) is 0 Å². The van der Waals surface area contributed by atoms with E-state index in [-0.39, 0.29) is 22.0 Å². The average Bonchev–Trinajstić information content (AvgIpc) is 3.03. The maximum atomic E-state index is 12.3. The SMILES string of the molecule is CNS(=O)(=O)c1cc(C(=O)NCc2nnc3ccccn23)ccc1Cl. The second kappa shape index (κ2) is 6.79. The van der Waals surface area contributed by atoms with Gasteiger partial charge in [-0.2, -0.15) is 0 Å². The summed E-state index contributed by atoms with van der Waals surface area (Å²) in [6.45, 7) is 0.140. The van der Waals surface area contributed by atoms with E-state index in [4.69, 9.17) is 11.6 Å². The summed E-state index contributed by atoms with van der Waals surface area (Å²) < 4.78 is 27.8. The van der Waals surface area contributed by atoms with Crippen LogP contribution in [-0.4, -0.2) is 36.0 Å². The fraction of sp³-hybridized carbons (Fsp3) is 0.133. The molecule has 1 aromatic carbocycles. The largest absolute Gasteiger partial charge is 0.345 e. The van der Waals surface area contributed by atoms with Gasteiger partial charge in [0.05, 0.1) is 11.6 Å². The third-order valence-electron chi connectivity index (χ3n) is 3.54. The summed E-state index contributed by atoms with van der Waals surface area (Å²) in [5.41, 5.74) is 0.840. The van der Waals surface area contributed by atoms with Crippen molar-refractivity contribution in [1.29, 1.82) is 0 Å². The fourth-order valence-electron chi connectivity index (χ4n) is 2.23. The van der Waals surface area contributed by atoms with Crippen LogP contribution in [0.5, 0.6) is 0 Å². The second-order valence-corrected chi connectivity index (χ2v) is 7.34. The Morgan fingerprint density at radius 3 is 2.80 bits per heavy atom. The number of amides is 1. The number of fused-ring (bicyclic) bond motifs is 1. The summed E-state index contributed by atoms with van der Waals surface area (Å²) in [5.74, 6) is 0.109. The summed E-state index contributed by atoms with van der Waals surface area (Å²) in [5, 5.41) is 10.7. The third kappa shape index (κ3) is 3.48. The van der Waals surface area contributed by atoms with Gasteiger partial charge in [0, 0.05) is 11.8 Å². The first-order chi connectivity index (χ1) is 11.9. The standard InChI is InChI=1S/C15H14ClN5O3S/c1-17-25(23,24)12-8-10(5-6-11(12)16)15(22)18-9-14-20-19-13-4-2-3-7-21(13)14/h2-8,17H,9H2,1H3,(H,18,22). The first-order valence-corrected chi connectivity index (χ1v) is 9.08. The van der Waals surface area contributed by atoms with Crippen molar-refractivity contribution in [3.05, 3.63) is 59.0 Å². The Morgan fingerprint density at radius 1 is 1.24 bits per heavy atom. The zero-order chi connectivity index (χ0) is 18.0. The Kier molecular flexibility index (Phi) is 4.71. The topological polar surface area (TPSA) is 105 Å². The highest BCUT2D eigenvalue weighted by molar-refractivity contribution is 7.89. The van der Waals surface area contributed by atoms with Gasteiger partial charge in [0.15, 0.2) is 11.5 Å². The number of hydrogen-bond donors (Lipinski definition) is 2. The molecular formula is C15H14ClN5O3S. The molecular weight excluding hydrogens is 366 g/mol. The van der Waals surface area contributed by atoms with Gasteiger partial charge in [0.25, 0.3) is 5.91 Å². The van der Waals surface area contributed by atoms with Gasteiger partial charge in [-0.15, -0.1) is 10.2 Å². The van der Waals surface area contributed by atoms with Crippen LogP contribution in [0.3, 0.4) is 0 Å². The molecule has 0 spiro atoms. The number of halogens is 1. The van der Waals surface area contributed by atoms with E-state index in [2.05, 4.69) is 20.2 Å². The fourth-order valence-corrected chi connectivity index (χ4v) is 3.48. The number of nitrogens with one attached hydrogen (secondary N) is 2. The van der Waals surface area contributed by atoms with E-state index in [1.54, 1.807) is 16.7 Å². The molecule has 0 unspecified atom stereocenters. The Labute approximate surface area is 148 Å². The lowest BCUT2D eigenvalue weighted by Crippen LogP contribution is -2.25. The zero-order valence-corrected chi connectivity index (χ0v) is 14.7. The summed E-state index contributed by atoms with van der Waals surface area (Å²) in [7, 11) is -2.49. The van der Waals surface area contributed by atoms with Gasteiger partial charge >= 0.3 is 0 Å². The van der Waals surface area contributed by atoms with Crippen molar-refractivity contribution in [2.24, 2.45) is 0 Å². The normalized spacial score (nSPS) is 11.6. The van der Waals surface area contributed by atoms with Crippen LogP contribution >= 0.6 is 11.6 Å². The molecule has 0 atom stereocenters. The average molecular weight is 380 g/mol. The Morgan fingerprint density at radius 2 is 2.04 bits per heavy atom. The Hall–Kier alpha value is -2.49. The number of nitrogens with zero attached hydrogens (tertiary/aromatic N) is 3. The van der Waals surface area contributed by atoms with Gasteiger partial charge in [-0.05, 0) is 37.4 Å². The molecule has 10 heteroatoms. The molecule has 0 aliphatic rings. The maximum Gasteiger partial charge on any atom is 0.251 e. The lowest BCUT2D eigenvalue weighted by atomic mass is 10.2. The minimum Gasteiger partial charge on any atom is -0.345 e. The monoisotopic (exact) mass is 379 g/mol. The summed E-state index contributed by atoms with van der Waals surface area (Å²) in [6, 6.07) is 9.51. The van der Waals surface area contributed by atoms with E-state index in [0.717, 1.165) is 0 Å². The van der Waals surface area contributed by atoms with E-state index in [1.807, 2.05) is 12.1 Å². The van der Waals surface area contributed by atoms with Gasteiger partial charge in [0.2, 0.25) is 10.0 Å². The zero-order valence-electron chi connectivity index (χ0n) is 13.1. The van der Waals surface area contributed by atoms with E-state index in [9.17, 15) is 13.2 Å². The van der Waals surface area contributed by atoms with Gasteiger partial charge < -0.3 is 5.32 Å². The van der Waals surface area contributed by atoms with Gasteiger partial charge in [-0.3, -0.25) is 9.20 Å². The highest BCUT2D eigenvalue weighted by Gasteiger charge is 2.18. The molecule has 0 bridgehead atoms. The number of carbonyl (C=O) groups is 1. The summed E-state index contributed by atoms with van der Waals surface area (Å²) in [4.78, 5) is 12.2. The number of aromatic nitrogens is 3. The molecule has 0 saturated heterocycles. The number of benzene rings is 1. The molecule has 130 valence electrons. The molecule has 25 heavy (non-hydrogen) atoms. The molecule has 2 aromatic heterocycles. The van der Waals surface area contributed by atoms with Crippen LogP contribution in [0.15, 0.2) is 47.5 Å². The number of sulfonamides is 1. The van der Waals surface area contributed by atoms with Crippen LogP contribution < -0.4 is 10.0 Å². The molecule has 2 heterocycles. The lowest BCUT2D eigenvalue weighted by molar-refractivity contribution is 0.0949. The number of rotatable bonds is 5. The minimum absolute atomic E-state index is 0.0364. The Balaban J connectivity index is 1.81. The van der Waals surface area contributed by atoms with Crippen LogP contribution in [-0.2, 0) is 16.6 Å². The third-order valence-corrected chi connectivity index (χ3v) is 5.44. The van der Waals surface area contributed by atoms with E-state index < -0.39 is 15.9 Å². The summed E-state index contributed by atoms with van der Waals surface area (Å²) in [6.07, 6.45) is 1.79. The Bertz CT molecular complexity index is 1050. The van der Waals surface area contributed by atoms with E-state index in [0.29, 0.717) is 11.5 Å². The van der Waals surface area contributed by atoms with Crippen LogP contribution in [0.2, 0.25) is 5.02 Å². The highest BCUT2D eigenvalue weighted by atomic mass is 35.5. The molecule has 8 nitrogen and oxygen atoms in total. The molecule has 2 N–H and O–H groups in total. The molecule has 3 rings (SSSR count). The first kappa shape index (κ1) is 17.3. The first-order valence-electron chi connectivity index (χ1n) is 7.22. The predicted octanol–water partition coefficient (Wildman–Crippen LogP) is 1.22. The number of hydrogen-bond acceptors (Lipinski definition) is 5. The molecule has 0 fully saturated rings. The second-order valence-electron chi connectivity index (χ2n) is 5.08. The van der Waals surface area contributed by atoms with Crippen LogP contribution in [0.25, 0.3) is 5.65 Å². The van der Waals surface area contributed by atoms with Crippen molar-refractivity contribution in [2.75, 3.05) is 7.05 Å². The van der Waals surface area contributed by atoms with Crippen molar-refractivity contribution in [3.63, 3.8) is 0 Å². The highest BCUT2D eigenvalue weighted by Crippen LogP contribution is 2.22. The minimum atomic E-state index is -3.76. The number of carbonyl (C=O) groups excluding carboxylic acids is 1. The van der Waals surface area contributed by atoms with Gasteiger partial charge in [-0.25, -0.2) is 13.1 Å². The van der Waals surface area contributed by atoms with Crippen molar-refractivity contribution < 1.29 is 13.2 Å². The molecule has 0 aliphatic heterocycles. The molecule has 0 radical (unpaired) electrons. The predicted molar refractivity (Wildman–Crippen MR) is 91.9 cm³/mol. The van der Waals surface area contributed by atoms with Crippen LogP contribution in [0.1, 0.15) is 16.2 Å². The maximum absolute atomic E-state index is 12.3. The smallest absolute Gasteiger partial charge is 0.251 e. The van der Waals surface area contributed by atoms with Gasteiger partial charge in [-0.1, -0.05) is 17.7 Å². The van der Waals surface area contributed by atoms with Crippen molar-refractivity contribution in [1.82, 2.24) is 24.6 Å². The van der Waals surface area contributed by atoms with Crippen molar-refractivity contribution >= 4 is 33.2 Å². The molecule has 0 saturated carbocycles. The quantitative estimate of drug-likeness (QED) is 0.693. The molecule has 3 aromatic rings.